The Morgan fingerprint density at radius 1 is 0.757 bits per heavy atom. The van der Waals surface area contributed by atoms with Crippen LogP contribution in [0.1, 0.15) is 6.42 Å². The van der Waals surface area contributed by atoms with Crippen LogP contribution in [-0.2, 0) is 28.0 Å². The second-order valence-electron chi connectivity index (χ2n) is 9.36. The fourth-order valence-corrected chi connectivity index (χ4v) is 5.24. The second-order valence-corrected chi connectivity index (χ2v) is 10.6. The Balaban J connectivity index is 1.76. The molecule has 2 saturated heterocycles. The number of phosphoric acid groups is 1. The van der Waals surface area contributed by atoms with E-state index in [9.17, 15) is 35.2 Å². The summed E-state index contributed by atoms with van der Waals surface area (Å²) in [5.41, 5.74) is 23.5. The third-order valence-corrected chi connectivity index (χ3v) is 7.23. The Hall–Kier alpha value is -0.450. The van der Waals surface area contributed by atoms with Gasteiger partial charge in [0, 0.05) is 18.6 Å². The zero-order valence-electron chi connectivity index (χ0n) is 19.6. The maximum atomic E-state index is 11.3. The summed E-state index contributed by atoms with van der Waals surface area (Å²) in [4.78, 5) is 18.3. The summed E-state index contributed by atoms with van der Waals surface area (Å²) in [6.07, 6.45) is -18.5. The lowest BCUT2D eigenvalue weighted by Crippen LogP contribution is -2.68. The molecule has 19 heteroatoms. The molecule has 0 unspecified atom stereocenters. The second kappa shape index (κ2) is 12.4. The van der Waals surface area contributed by atoms with E-state index in [1.807, 2.05) is 0 Å². The van der Waals surface area contributed by atoms with E-state index in [1.54, 1.807) is 0 Å². The van der Waals surface area contributed by atoms with Crippen LogP contribution in [0.5, 0.6) is 0 Å². The van der Waals surface area contributed by atoms with E-state index < -0.39 is 106 Å². The minimum absolute atomic E-state index is 0.0124. The highest BCUT2D eigenvalue weighted by Crippen LogP contribution is 2.42. The SMILES string of the molecule is NC[C@H]1O[C@H](O[C@H]2[C@H](O)[C@@H](O[C@H]3O[C@H](CO)[C@@H](O)[C@H](N)[C@H]3O)[C@H](N)C[C@@H]2N)[C@H](O)[C@@H](OP(=O)(O)O)[C@@H]1O. The van der Waals surface area contributed by atoms with Gasteiger partial charge in [0.1, 0.15) is 61.0 Å². The molecule has 18 nitrogen and oxygen atoms in total. The summed E-state index contributed by atoms with van der Waals surface area (Å²) >= 11 is 0. The van der Waals surface area contributed by atoms with E-state index in [4.69, 9.17) is 51.7 Å². The molecular formula is C18H37N4O14P. The lowest BCUT2D eigenvalue weighted by Gasteiger charge is -2.48. The highest BCUT2D eigenvalue weighted by Gasteiger charge is 2.53. The maximum absolute atomic E-state index is 11.3. The van der Waals surface area contributed by atoms with Gasteiger partial charge in [0.25, 0.3) is 0 Å². The van der Waals surface area contributed by atoms with E-state index in [0.29, 0.717) is 0 Å². The standard InChI is InChI=1S/C18H37N4O14P/c19-2-6-10(25)16(36-37(29,30)31)13(28)18(32-6)35-15-5(21)1-4(20)14(12(15)27)34-17-11(26)8(22)9(24)7(3-23)33-17/h4-18,23-28H,1-3,19-22H2,(H2,29,30,31)/t4-,5+,6-,7-,8+,9-,10-,11-,12-,13-,14+,15-,16+,17-,18-/m1/s1. The van der Waals surface area contributed by atoms with Crippen molar-refractivity contribution in [1.29, 1.82) is 0 Å². The summed E-state index contributed by atoms with van der Waals surface area (Å²) in [5, 5.41) is 61.7. The van der Waals surface area contributed by atoms with Gasteiger partial charge in [-0.3, -0.25) is 4.52 Å². The van der Waals surface area contributed by atoms with Crippen molar-refractivity contribution >= 4 is 7.82 Å². The Bertz CT molecular complexity index is 796. The normalized spacial score (nSPS) is 49.7. The summed E-state index contributed by atoms with van der Waals surface area (Å²) in [6, 6.07) is -3.13. The number of phosphoric ester groups is 1. The molecule has 3 rings (SSSR count). The van der Waals surface area contributed by atoms with E-state index in [-0.39, 0.29) is 13.0 Å². The van der Waals surface area contributed by atoms with Gasteiger partial charge in [-0.1, -0.05) is 0 Å². The highest BCUT2D eigenvalue weighted by molar-refractivity contribution is 7.46. The minimum Gasteiger partial charge on any atom is -0.394 e. The molecular weight excluding hydrogens is 527 g/mol. The Kier molecular flexibility index (Phi) is 10.4. The highest BCUT2D eigenvalue weighted by atomic mass is 31.2. The van der Waals surface area contributed by atoms with Crippen LogP contribution in [0, 0.1) is 0 Å². The van der Waals surface area contributed by atoms with E-state index >= 15 is 0 Å². The Morgan fingerprint density at radius 2 is 1.27 bits per heavy atom. The number of nitrogens with two attached hydrogens (primary N) is 4. The van der Waals surface area contributed by atoms with E-state index in [2.05, 4.69) is 4.52 Å². The third kappa shape index (κ3) is 6.83. The molecule has 0 spiro atoms. The van der Waals surface area contributed by atoms with Crippen LogP contribution in [0.4, 0.5) is 0 Å². The first-order chi connectivity index (χ1) is 17.2. The molecule has 2 aliphatic heterocycles. The maximum Gasteiger partial charge on any atom is 0.470 e. The molecule has 2 heterocycles. The zero-order chi connectivity index (χ0) is 27.8. The average molecular weight is 564 g/mol. The van der Waals surface area contributed by atoms with Crippen LogP contribution in [-0.4, -0.2) is 145 Å². The van der Waals surface area contributed by atoms with Crippen molar-refractivity contribution in [2.45, 2.75) is 98.2 Å². The Morgan fingerprint density at radius 3 is 1.76 bits per heavy atom. The topological polar surface area (TPSA) is 329 Å². The molecule has 37 heavy (non-hydrogen) atoms. The predicted molar refractivity (Wildman–Crippen MR) is 119 cm³/mol. The lowest BCUT2D eigenvalue weighted by molar-refractivity contribution is -0.330. The van der Waals surface area contributed by atoms with Crippen molar-refractivity contribution in [3.05, 3.63) is 0 Å². The zero-order valence-corrected chi connectivity index (χ0v) is 20.5. The molecule has 0 aromatic rings. The number of hydrogen-bond acceptors (Lipinski definition) is 16. The first kappa shape index (κ1) is 31.1. The summed E-state index contributed by atoms with van der Waals surface area (Å²) < 4.78 is 38.0. The van der Waals surface area contributed by atoms with Gasteiger partial charge in [0.05, 0.1) is 12.6 Å². The molecule has 3 fully saturated rings. The molecule has 218 valence electrons. The number of rotatable bonds is 8. The lowest BCUT2D eigenvalue weighted by atomic mass is 9.84. The van der Waals surface area contributed by atoms with Crippen molar-refractivity contribution in [3.63, 3.8) is 0 Å². The summed E-state index contributed by atoms with van der Waals surface area (Å²) in [5.74, 6) is 0. The monoisotopic (exact) mass is 564 g/mol. The Labute approximate surface area is 211 Å². The molecule has 3 aliphatic rings. The van der Waals surface area contributed by atoms with Gasteiger partial charge in [-0.2, -0.15) is 0 Å². The smallest absolute Gasteiger partial charge is 0.394 e. The molecule has 0 aromatic heterocycles. The van der Waals surface area contributed by atoms with Gasteiger partial charge in [0.15, 0.2) is 12.6 Å². The van der Waals surface area contributed by atoms with Gasteiger partial charge in [-0.25, -0.2) is 4.57 Å². The summed E-state index contributed by atoms with van der Waals surface area (Å²) in [6.45, 7) is -0.986. The molecule has 15 atom stereocenters. The van der Waals surface area contributed by atoms with Crippen molar-refractivity contribution in [2.75, 3.05) is 13.2 Å². The van der Waals surface area contributed by atoms with Crippen LogP contribution in [0.25, 0.3) is 0 Å². The number of hydrogen-bond donors (Lipinski definition) is 12. The van der Waals surface area contributed by atoms with Crippen LogP contribution in [0.15, 0.2) is 0 Å². The van der Waals surface area contributed by atoms with Crippen LogP contribution < -0.4 is 22.9 Å². The average Bonchev–Trinajstić information content (AvgIpc) is 2.82. The first-order valence-corrected chi connectivity index (χ1v) is 13.1. The van der Waals surface area contributed by atoms with Gasteiger partial charge in [-0.05, 0) is 6.42 Å². The molecule has 0 bridgehead atoms. The van der Waals surface area contributed by atoms with E-state index in [0.717, 1.165) is 0 Å². The quantitative estimate of drug-likeness (QED) is 0.122. The van der Waals surface area contributed by atoms with Crippen molar-refractivity contribution < 1.29 is 68.5 Å². The van der Waals surface area contributed by atoms with Crippen LogP contribution >= 0.6 is 7.82 Å². The van der Waals surface area contributed by atoms with Crippen molar-refractivity contribution in [2.24, 2.45) is 22.9 Å². The molecule has 1 saturated carbocycles. The first-order valence-electron chi connectivity index (χ1n) is 11.5. The van der Waals surface area contributed by atoms with Gasteiger partial charge in [0.2, 0.25) is 0 Å². The van der Waals surface area contributed by atoms with Gasteiger partial charge >= 0.3 is 7.82 Å². The largest absolute Gasteiger partial charge is 0.470 e. The summed E-state index contributed by atoms with van der Waals surface area (Å²) in [7, 11) is -5.17. The molecule has 0 radical (unpaired) electrons. The molecule has 0 amide bonds. The fourth-order valence-electron chi connectivity index (χ4n) is 4.67. The molecule has 1 aliphatic carbocycles. The molecule has 16 N–H and O–H groups in total. The van der Waals surface area contributed by atoms with Crippen LogP contribution in [0.3, 0.4) is 0 Å². The van der Waals surface area contributed by atoms with Crippen molar-refractivity contribution in [1.82, 2.24) is 0 Å². The van der Waals surface area contributed by atoms with Crippen molar-refractivity contribution in [3.8, 4) is 0 Å². The van der Waals surface area contributed by atoms with Crippen LogP contribution in [0.2, 0.25) is 0 Å². The number of ether oxygens (including phenoxy) is 4. The number of aliphatic hydroxyl groups excluding tert-OH is 6. The fraction of sp³-hybridized carbons (Fsp3) is 1.00. The molecule has 0 aromatic carbocycles. The van der Waals surface area contributed by atoms with Gasteiger partial charge in [-0.15, -0.1) is 0 Å². The van der Waals surface area contributed by atoms with E-state index in [1.165, 1.54) is 0 Å². The third-order valence-electron chi connectivity index (χ3n) is 6.71. The van der Waals surface area contributed by atoms with Gasteiger partial charge < -0.3 is 82.3 Å². The number of aliphatic hydroxyl groups is 6. The predicted octanol–water partition coefficient (Wildman–Crippen LogP) is -7.17. The minimum atomic E-state index is -5.17.